The molecule has 0 spiro atoms. The molecule has 2 atom stereocenters. The van der Waals surface area contributed by atoms with Crippen molar-refractivity contribution in [2.24, 2.45) is 11.8 Å². The summed E-state index contributed by atoms with van der Waals surface area (Å²) in [6.07, 6.45) is 3.60. The first kappa shape index (κ1) is 20.6. The maximum atomic E-state index is 12.6. The number of fused-ring (bicyclic) bond motifs is 2. The van der Waals surface area contributed by atoms with Crippen LogP contribution in [-0.2, 0) is 14.4 Å². The van der Waals surface area contributed by atoms with E-state index in [1.807, 2.05) is 48.5 Å². The average Bonchev–Trinajstić information content (AvgIpc) is 3.31. The van der Waals surface area contributed by atoms with Gasteiger partial charge in [0.2, 0.25) is 17.7 Å². The third kappa shape index (κ3) is 4.10. The predicted molar refractivity (Wildman–Crippen MR) is 122 cm³/mol. The predicted octanol–water partition coefficient (Wildman–Crippen LogP) is 4.59. The maximum Gasteiger partial charge on any atom is 0.233 e. The minimum absolute atomic E-state index is 0.0647. The number of para-hydroxylation sites is 1. The molecule has 1 aliphatic heterocycles. The summed E-state index contributed by atoms with van der Waals surface area (Å²) in [6.45, 7) is 0.121. The van der Waals surface area contributed by atoms with E-state index in [4.69, 9.17) is 4.74 Å². The highest BCUT2D eigenvalue weighted by Crippen LogP contribution is 2.38. The molecular weight excluding hydrogens is 426 g/mol. The monoisotopic (exact) mass is 449 g/mol. The van der Waals surface area contributed by atoms with Crippen molar-refractivity contribution in [1.29, 1.82) is 0 Å². The first-order valence-corrected chi connectivity index (χ1v) is 11.7. The van der Waals surface area contributed by atoms with Crippen LogP contribution >= 0.6 is 11.3 Å². The summed E-state index contributed by atoms with van der Waals surface area (Å²) in [4.78, 5) is 43.3. The number of hydrogen-bond acceptors (Lipinski definition) is 6. The summed E-state index contributed by atoms with van der Waals surface area (Å²) < 4.78 is 6.75. The number of nitrogens with zero attached hydrogens (tertiary/aromatic N) is 2. The van der Waals surface area contributed by atoms with Crippen molar-refractivity contribution < 1.29 is 19.1 Å². The number of carbonyl (C=O) groups excluding carboxylic acids is 3. The number of nitrogens with one attached hydrogen (secondary N) is 1. The van der Waals surface area contributed by atoms with Crippen LogP contribution in [0.25, 0.3) is 10.2 Å². The van der Waals surface area contributed by atoms with Crippen molar-refractivity contribution in [2.75, 3.05) is 11.9 Å². The Bertz CT molecular complexity index is 1150. The number of hydrogen-bond donors (Lipinski definition) is 1. The number of carbonyl (C=O) groups is 3. The fourth-order valence-corrected chi connectivity index (χ4v) is 5.40. The molecule has 1 aromatic heterocycles. The third-order valence-corrected chi connectivity index (χ3v) is 7.01. The lowest BCUT2D eigenvalue weighted by molar-refractivity contribution is -0.140. The molecule has 5 rings (SSSR count). The van der Waals surface area contributed by atoms with Gasteiger partial charge < -0.3 is 10.1 Å². The summed E-state index contributed by atoms with van der Waals surface area (Å²) in [7, 11) is 0. The molecule has 0 bridgehead atoms. The first-order valence-electron chi connectivity index (χ1n) is 10.9. The molecule has 2 heterocycles. The molecule has 1 aliphatic carbocycles. The van der Waals surface area contributed by atoms with Gasteiger partial charge in [-0.1, -0.05) is 42.4 Å². The summed E-state index contributed by atoms with van der Waals surface area (Å²) >= 11 is 1.36. The van der Waals surface area contributed by atoms with Crippen molar-refractivity contribution in [3.63, 3.8) is 0 Å². The van der Waals surface area contributed by atoms with E-state index in [1.165, 1.54) is 16.2 Å². The number of ether oxygens (including phenoxy) is 1. The Morgan fingerprint density at radius 3 is 2.47 bits per heavy atom. The number of aromatic nitrogens is 1. The number of imide groups is 1. The van der Waals surface area contributed by atoms with E-state index in [1.54, 1.807) is 0 Å². The quantitative estimate of drug-likeness (QED) is 0.556. The fourth-order valence-electron chi connectivity index (χ4n) is 4.49. The summed E-state index contributed by atoms with van der Waals surface area (Å²) in [5.74, 6) is 0.581. The van der Waals surface area contributed by atoms with Gasteiger partial charge in [0.1, 0.15) is 11.5 Å². The van der Waals surface area contributed by atoms with Gasteiger partial charge in [0.05, 0.1) is 22.1 Å². The third-order valence-electron chi connectivity index (χ3n) is 6.08. The molecule has 164 valence electrons. The average molecular weight is 450 g/mol. The van der Waals surface area contributed by atoms with Gasteiger partial charge >= 0.3 is 0 Å². The van der Waals surface area contributed by atoms with E-state index in [9.17, 15) is 14.4 Å². The zero-order chi connectivity index (χ0) is 22.1. The van der Waals surface area contributed by atoms with Gasteiger partial charge in [-0.25, -0.2) is 4.98 Å². The van der Waals surface area contributed by atoms with Crippen molar-refractivity contribution in [1.82, 2.24) is 9.88 Å². The fraction of sp³-hybridized carbons (Fsp3) is 0.333. The summed E-state index contributed by atoms with van der Waals surface area (Å²) in [5.41, 5.74) is 0.764. The van der Waals surface area contributed by atoms with Gasteiger partial charge in [-0.2, -0.15) is 0 Å². The maximum absolute atomic E-state index is 12.6. The van der Waals surface area contributed by atoms with Gasteiger partial charge in [-0.3, -0.25) is 19.3 Å². The zero-order valence-corrected chi connectivity index (χ0v) is 18.3. The smallest absolute Gasteiger partial charge is 0.233 e. The number of amides is 3. The van der Waals surface area contributed by atoms with Crippen molar-refractivity contribution >= 4 is 44.4 Å². The Morgan fingerprint density at radius 2 is 1.75 bits per heavy atom. The lowest BCUT2D eigenvalue weighted by Gasteiger charge is -2.19. The zero-order valence-electron chi connectivity index (χ0n) is 17.5. The van der Waals surface area contributed by atoms with Gasteiger partial charge in [-0.05, 0) is 37.1 Å². The van der Waals surface area contributed by atoms with Crippen LogP contribution in [0.15, 0.2) is 48.5 Å². The molecule has 2 fully saturated rings. The number of benzene rings is 2. The molecule has 2 unspecified atom stereocenters. The topological polar surface area (TPSA) is 88.6 Å². The first-order chi connectivity index (χ1) is 15.6. The molecule has 32 heavy (non-hydrogen) atoms. The van der Waals surface area contributed by atoms with Gasteiger partial charge in [0.15, 0.2) is 5.13 Å². The molecule has 0 radical (unpaired) electrons. The van der Waals surface area contributed by atoms with Gasteiger partial charge in [0, 0.05) is 19.0 Å². The normalized spacial score (nSPS) is 20.4. The number of rotatable bonds is 6. The second-order valence-corrected chi connectivity index (χ2v) is 9.22. The molecule has 3 amide bonds. The molecule has 7 nitrogen and oxygen atoms in total. The Morgan fingerprint density at radius 1 is 1.03 bits per heavy atom. The van der Waals surface area contributed by atoms with Crippen LogP contribution in [0, 0.1) is 11.8 Å². The minimum atomic E-state index is -0.264. The molecule has 8 heteroatoms. The molecule has 1 saturated carbocycles. The Kier molecular flexibility index (Phi) is 5.61. The number of anilines is 1. The Labute approximate surface area is 189 Å². The molecule has 3 aromatic rings. The molecule has 2 aliphatic rings. The van der Waals surface area contributed by atoms with Crippen LogP contribution in [0.5, 0.6) is 11.5 Å². The van der Waals surface area contributed by atoms with Gasteiger partial charge in [-0.15, -0.1) is 0 Å². The van der Waals surface area contributed by atoms with Crippen molar-refractivity contribution in [3.05, 3.63) is 48.5 Å². The molecule has 2 aromatic carbocycles. The van der Waals surface area contributed by atoms with Gasteiger partial charge in [0.25, 0.3) is 0 Å². The van der Waals surface area contributed by atoms with Crippen LogP contribution in [0.4, 0.5) is 5.13 Å². The minimum Gasteiger partial charge on any atom is -0.457 e. The van der Waals surface area contributed by atoms with E-state index in [-0.39, 0.29) is 42.5 Å². The highest BCUT2D eigenvalue weighted by atomic mass is 32.1. The highest BCUT2D eigenvalue weighted by Gasteiger charge is 2.47. The van der Waals surface area contributed by atoms with E-state index >= 15 is 0 Å². The highest BCUT2D eigenvalue weighted by molar-refractivity contribution is 7.22. The second-order valence-electron chi connectivity index (χ2n) is 8.19. The lowest BCUT2D eigenvalue weighted by atomic mass is 9.81. The van der Waals surface area contributed by atoms with E-state index < -0.39 is 0 Å². The van der Waals surface area contributed by atoms with Crippen LogP contribution in [-0.4, -0.2) is 34.2 Å². The van der Waals surface area contributed by atoms with Crippen LogP contribution in [0.2, 0.25) is 0 Å². The Balaban J connectivity index is 1.20. The molecule has 1 saturated heterocycles. The standard InChI is InChI=1S/C24H23N3O4S/c28-21(12-13-27-22(29)17-8-4-5-9-18(17)23(27)30)26-24-25-19-11-10-16(14-20(19)32-24)31-15-6-2-1-3-7-15/h1-3,6-7,10-11,14,17-18H,4-5,8-9,12-13H2,(H,25,26,28). The van der Waals surface area contributed by atoms with Crippen molar-refractivity contribution in [3.8, 4) is 11.5 Å². The molecular formula is C24H23N3O4S. The van der Waals surface area contributed by atoms with Crippen molar-refractivity contribution in [2.45, 2.75) is 32.1 Å². The lowest BCUT2D eigenvalue weighted by Crippen LogP contribution is -2.34. The SMILES string of the molecule is O=C(CCN1C(=O)C2CCCCC2C1=O)Nc1nc2ccc(Oc3ccccc3)cc2s1. The summed E-state index contributed by atoms with van der Waals surface area (Å²) in [5, 5.41) is 3.28. The number of likely N-dealkylation sites (tertiary alicyclic amines) is 1. The summed E-state index contributed by atoms with van der Waals surface area (Å²) in [6, 6.07) is 15.1. The largest absolute Gasteiger partial charge is 0.457 e. The second kappa shape index (κ2) is 8.70. The van der Waals surface area contributed by atoms with E-state index in [0.29, 0.717) is 10.9 Å². The molecule has 1 N–H and O–H groups in total. The number of thiazole rings is 1. The van der Waals surface area contributed by atoms with Crippen LogP contribution in [0.3, 0.4) is 0 Å². The van der Waals surface area contributed by atoms with Crippen LogP contribution < -0.4 is 10.1 Å². The Hall–Kier alpha value is -3.26. The van der Waals surface area contributed by atoms with E-state index in [2.05, 4.69) is 10.3 Å². The van der Waals surface area contributed by atoms with Crippen LogP contribution in [0.1, 0.15) is 32.1 Å². The van der Waals surface area contributed by atoms with E-state index in [0.717, 1.165) is 41.6 Å².